The topological polar surface area (TPSA) is 60.1 Å². The van der Waals surface area contributed by atoms with Gasteiger partial charge in [-0.05, 0) is 30.3 Å². The van der Waals surface area contributed by atoms with Crippen LogP contribution < -0.4 is 5.69 Å². The molecule has 1 N–H and O–H groups in total. The molecule has 3 rings (SSSR count). The van der Waals surface area contributed by atoms with Gasteiger partial charge in [0.1, 0.15) is 5.75 Å². The van der Waals surface area contributed by atoms with E-state index in [1.165, 1.54) is 37.4 Å². The minimum atomic E-state index is -4.46. The molecule has 0 saturated heterocycles. The smallest absolute Gasteiger partial charge is 0.416 e. The van der Waals surface area contributed by atoms with Crippen molar-refractivity contribution < 1.29 is 18.3 Å². The molecule has 130 valence electrons. The largest absolute Gasteiger partial charge is 0.506 e. The molecule has 25 heavy (non-hydrogen) atoms. The van der Waals surface area contributed by atoms with Crippen molar-refractivity contribution in [3.63, 3.8) is 0 Å². The fourth-order valence-corrected chi connectivity index (χ4v) is 2.52. The third kappa shape index (κ3) is 3.12. The van der Waals surface area contributed by atoms with E-state index in [2.05, 4.69) is 5.10 Å². The predicted octanol–water partition coefficient (Wildman–Crippen LogP) is 3.62. The van der Waals surface area contributed by atoms with Crippen molar-refractivity contribution in [2.24, 2.45) is 7.05 Å². The van der Waals surface area contributed by atoms with Crippen LogP contribution in [-0.2, 0) is 13.2 Å². The van der Waals surface area contributed by atoms with Gasteiger partial charge in [0.05, 0.1) is 11.3 Å². The van der Waals surface area contributed by atoms with Gasteiger partial charge in [0.25, 0.3) is 0 Å². The van der Waals surface area contributed by atoms with E-state index in [-0.39, 0.29) is 27.8 Å². The second-order valence-corrected chi connectivity index (χ2v) is 5.71. The maximum Gasteiger partial charge on any atom is 0.416 e. The Hall–Kier alpha value is -2.74. The molecule has 0 radical (unpaired) electrons. The van der Waals surface area contributed by atoms with Crippen LogP contribution in [0.4, 0.5) is 13.2 Å². The maximum atomic E-state index is 12.7. The van der Waals surface area contributed by atoms with Crippen LogP contribution in [0.3, 0.4) is 0 Å². The number of benzene rings is 2. The zero-order chi connectivity index (χ0) is 18.4. The first-order valence-corrected chi connectivity index (χ1v) is 7.39. The fourth-order valence-electron chi connectivity index (χ4n) is 2.35. The summed E-state index contributed by atoms with van der Waals surface area (Å²) < 4.78 is 40.2. The molecule has 0 aliphatic rings. The lowest BCUT2D eigenvalue weighted by Crippen LogP contribution is -2.21. The van der Waals surface area contributed by atoms with Crippen LogP contribution in [0.15, 0.2) is 47.3 Å². The van der Waals surface area contributed by atoms with Crippen LogP contribution in [0.25, 0.3) is 17.1 Å². The Bertz CT molecular complexity index is 991. The number of phenols is 1. The van der Waals surface area contributed by atoms with Crippen LogP contribution in [0.5, 0.6) is 5.75 Å². The van der Waals surface area contributed by atoms with E-state index in [4.69, 9.17) is 11.6 Å². The number of alkyl halides is 3. The first-order valence-electron chi connectivity index (χ1n) is 7.01. The van der Waals surface area contributed by atoms with Crippen LogP contribution in [0, 0.1) is 0 Å². The highest BCUT2D eigenvalue weighted by atomic mass is 35.5. The van der Waals surface area contributed by atoms with E-state index in [0.717, 1.165) is 21.4 Å². The van der Waals surface area contributed by atoms with Crippen molar-refractivity contribution in [2.75, 3.05) is 0 Å². The molecule has 1 heterocycles. The summed E-state index contributed by atoms with van der Waals surface area (Å²) in [4.78, 5) is 12.4. The van der Waals surface area contributed by atoms with E-state index >= 15 is 0 Å². The van der Waals surface area contributed by atoms with Gasteiger partial charge in [-0.3, -0.25) is 0 Å². The first kappa shape index (κ1) is 17.1. The summed E-state index contributed by atoms with van der Waals surface area (Å²) >= 11 is 5.92. The molecule has 0 spiro atoms. The number of aryl methyl sites for hydroxylation is 1. The van der Waals surface area contributed by atoms with E-state index < -0.39 is 17.4 Å². The third-order valence-corrected chi connectivity index (χ3v) is 3.81. The molecule has 9 heteroatoms. The first-order chi connectivity index (χ1) is 11.7. The van der Waals surface area contributed by atoms with E-state index in [1.54, 1.807) is 0 Å². The van der Waals surface area contributed by atoms with Crippen LogP contribution in [0.2, 0.25) is 5.02 Å². The molecule has 5 nitrogen and oxygen atoms in total. The minimum Gasteiger partial charge on any atom is -0.506 e. The van der Waals surface area contributed by atoms with Gasteiger partial charge in [0.15, 0.2) is 5.82 Å². The van der Waals surface area contributed by atoms with Crippen molar-refractivity contribution in [3.05, 3.63) is 63.5 Å². The van der Waals surface area contributed by atoms with Crippen LogP contribution in [0.1, 0.15) is 5.56 Å². The predicted molar refractivity (Wildman–Crippen MR) is 85.9 cm³/mol. The van der Waals surface area contributed by atoms with Gasteiger partial charge in [-0.15, -0.1) is 5.10 Å². The van der Waals surface area contributed by atoms with Gasteiger partial charge in [-0.25, -0.2) is 14.0 Å². The number of halogens is 4. The summed E-state index contributed by atoms with van der Waals surface area (Å²) in [7, 11) is 1.40. The zero-order valence-corrected chi connectivity index (χ0v) is 13.5. The summed E-state index contributed by atoms with van der Waals surface area (Å²) in [6.45, 7) is 0. The van der Waals surface area contributed by atoms with Crippen LogP contribution >= 0.6 is 11.6 Å². The van der Waals surface area contributed by atoms with Gasteiger partial charge >= 0.3 is 11.9 Å². The number of aromatic nitrogens is 3. The number of nitrogens with zero attached hydrogens (tertiary/aromatic N) is 3. The van der Waals surface area contributed by atoms with Crippen molar-refractivity contribution in [1.29, 1.82) is 0 Å². The summed E-state index contributed by atoms with van der Waals surface area (Å²) in [5, 5.41) is 14.4. The van der Waals surface area contributed by atoms with Crippen molar-refractivity contribution >= 4 is 11.6 Å². The second-order valence-electron chi connectivity index (χ2n) is 5.27. The summed E-state index contributed by atoms with van der Waals surface area (Å²) in [5.41, 5.74) is -1.02. The molecule has 2 aromatic carbocycles. The SMILES string of the molecule is Cn1nc(-c2ccc(C(F)(F)F)cc2)n(-c2cc(Cl)ccc2O)c1=O. The number of rotatable bonds is 2. The molecule has 0 saturated carbocycles. The molecule has 0 fully saturated rings. The minimum absolute atomic E-state index is 0.0822. The average Bonchev–Trinajstić information content (AvgIpc) is 2.84. The molecule has 0 unspecified atom stereocenters. The van der Waals surface area contributed by atoms with E-state index in [0.29, 0.717) is 0 Å². The average molecular weight is 370 g/mol. The lowest BCUT2D eigenvalue weighted by molar-refractivity contribution is -0.137. The maximum absolute atomic E-state index is 12.7. The third-order valence-electron chi connectivity index (χ3n) is 3.57. The number of hydrogen-bond acceptors (Lipinski definition) is 3. The zero-order valence-electron chi connectivity index (χ0n) is 12.8. The molecule has 0 amide bonds. The normalized spacial score (nSPS) is 11.7. The van der Waals surface area contributed by atoms with Gasteiger partial charge in [-0.1, -0.05) is 23.7 Å². The van der Waals surface area contributed by atoms with Gasteiger partial charge in [-0.2, -0.15) is 13.2 Å². The van der Waals surface area contributed by atoms with E-state index in [9.17, 15) is 23.1 Å². The Balaban J connectivity index is 2.20. The summed E-state index contributed by atoms with van der Waals surface area (Å²) in [6, 6.07) is 8.35. The standard InChI is InChI=1S/C16H11ClF3N3O2/c1-22-15(25)23(12-8-11(17)6-7-13(12)24)14(21-22)9-2-4-10(5-3-9)16(18,19)20/h2-8,24H,1H3. The number of aromatic hydroxyl groups is 1. The molecular weight excluding hydrogens is 359 g/mol. The molecule has 0 aliphatic carbocycles. The number of hydrogen-bond donors (Lipinski definition) is 1. The fraction of sp³-hybridized carbons (Fsp3) is 0.125. The van der Waals surface area contributed by atoms with E-state index in [1.807, 2.05) is 0 Å². The molecule has 0 bridgehead atoms. The molecule has 1 aromatic heterocycles. The Morgan fingerprint density at radius 1 is 1.12 bits per heavy atom. The highest BCUT2D eigenvalue weighted by Crippen LogP contribution is 2.32. The summed E-state index contributed by atoms with van der Waals surface area (Å²) in [6.07, 6.45) is -4.46. The summed E-state index contributed by atoms with van der Waals surface area (Å²) in [5.74, 6) is -0.133. The number of phenolic OH excluding ortho intramolecular Hbond substituents is 1. The molecular formula is C16H11ClF3N3O2. The van der Waals surface area contributed by atoms with Crippen molar-refractivity contribution in [3.8, 4) is 22.8 Å². The Morgan fingerprint density at radius 3 is 2.36 bits per heavy atom. The lowest BCUT2D eigenvalue weighted by atomic mass is 10.1. The second kappa shape index (κ2) is 5.96. The highest BCUT2D eigenvalue weighted by molar-refractivity contribution is 6.30. The highest BCUT2D eigenvalue weighted by Gasteiger charge is 2.30. The molecule has 0 aliphatic heterocycles. The quantitative estimate of drug-likeness (QED) is 0.750. The Labute approximate surface area is 144 Å². The Kier molecular flexibility index (Phi) is 4.08. The van der Waals surface area contributed by atoms with Gasteiger partial charge in [0.2, 0.25) is 0 Å². The van der Waals surface area contributed by atoms with Crippen molar-refractivity contribution in [1.82, 2.24) is 14.3 Å². The Morgan fingerprint density at radius 2 is 1.76 bits per heavy atom. The molecule has 0 atom stereocenters. The van der Waals surface area contributed by atoms with Crippen LogP contribution in [-0.4, -0.2) is 19.5 Å². The molecule has 3 aromatic rings. The van der Waals surface area contributed by atoms with Gasteiger partial charge < -0.3 is 5.11 Å². The lowest BCUT2D eigenvalue weighted by Gasteiger charge is -2.10. The van der Waals surface area contributed by atoms with Crippen molar-refractivity contribution in [2.45, 2.75) is 6.18 Å². The monoisotopic (exact) mass is 369 g/mol. The van der Waals surface area contributed by atoms with Gasteiger partial charge in [0, 0.05) is 17.6 Å².